The number of carbonyl (C=O) groups excluding carboxylic acids is 1. The summed E-state index contributed by atoms with van der Waals surface area (Å²) < 4.78 is 12.7. The van der Waals surface area contributed by atoms with Gasteiger partial charge in [-0.2, -0.15) is 0 Å². The Bertz CT molecular complexity index is 435. The SMILES string of the molecule is [2H][C@]1(C(O)C(=O)[C@@H](O)[C@H](O)[C@H](O)CO)O[C@H](CO)[C@@H](O)[C@H](O)[C@H]1O. The van der Waals surface area contributed by atoms with Crippen molar-refractivity contribution in [2.24, 2.45) is 0 Å². The van der Waals surface area contributed by atoms with Gasteiger partial charge in [-0.05, 0) is 0 Å². The highest BCUT2D eigenvalue weighted by atomic mass is 16.6. The standard InChI is InChI=1S/C12H22O11/c13-1-3(15)5(16)7(18)9(20)11(22)12-10(21)8(19)6(17)4(2-14)23-12/h3-8,10-19,21-22H,1-2H2/t3-,4-,5-,6-,7+,8+,10-,11?,12+/m1/s1/i12D. The van der Waals surface area contributed by atoms with E-state index in [-0.39, 0.29) is 0 Å². The van der Waals surface area contributed by atoms with Crippen molar-refractivity contribution in [1.29, 1.82) is 0 Å². The molecule has 1 aliphatic rings. The summed E-state index contributed by atoms with van der Waals surface area (Å²) in [6.45, 7) is -1.93. The van der Waals surface area contributed by atoms with Crippen LogP contribution in [0.4, 0.5) is 0 Å². The summed E-state index contributed by atoms with van der Waals surface area (Å²) in [5.41, 5.74) is 0. The van der Waals surface area contributed by atoms with Crippen molar-refractivity contribution in [2.75, 3.05) is 13.2 Å². The zero-order valence-corrected chi connectivity index (χ0v) is 11.9. The molecule has 0 aliphatic carbocycles. The van der Waals surface area contributed by atoms with Gasteiger partial charge in [0.1, 0.15) is 54.9 Å². The Morgan fingerprint density at radius 1 is 1.04 bits per heavy atom. The summed E-state index contributed by atoms with van der Waals surface area (Å²) in [6.07, 6.45) is -20.0. The maximum absolute atomic E-state index is 12.0. The van der Waals surface area contributed by atoms with E-state index in [1.165, 1.54) is 0 Å². The molecule has 23 heavy (non-hydrogen) atoms. The van der Waals surface area contributed by atoms with E-state index in [1.54, 1.807) is 0 Å². The van der Waals surface area contributed by atoms with Gasteiger partial charge in [-0.25, -0.2) is 0 Å². The molecule has 0 aromatic rings. The smallest absolute Gasteiger partial charge is 0.195 e. The highest BCUT2D eigenvalue weighted by Gasteiger charge is 2.49. The van der Waals surface area contributed by atoms with Gasteiger partial charge in [0.15, 0.2) is 5.78 Å². The average Bonchev–Trinajstić information content (AvgIpc) is 2.59. The van der Waals surface area contributed by atoms with Gasteiger partial charge in [0.2, 0.25) is 0 Å². The van der Waals surface area contributed by atoms with Crippen LogP contribution in [-0.4, -0.2) is 120 Å². The van der Waals surface area contributed by atoms with Gasteiger partial charge in [-0.3, -0.25) is 4.79 Å². The predicted molar refractivity (Wildman–Crippen MR) is 69.9 cm³/mol. The number of rotatable bonds is 7. The lowest BCUT2D eigenvalue weighted by molar-refractivity contribution is -0.248. The highest BCUT2D eigenvalue weighted by molar-refractivity contribution is 5.88. The number of carbonyl (C=O) groups is 1. The van der Waals surface area contributed by atoms with Crippen LogP contribution in [0.2, 0.25) is 0 Å². The Labute approximate surface area is 132 Å². The minimum Gasteiger partial charge on any atom is -0.394 e. The largest absolute Gasteiger partial charge is 0.394 e. The first-order valence-electron chi connectivity index (χ1n) is 7.22. The predicted octanol–water partition coefficient (Wildman–Crippen LogP) is -6.17. The molecule has 0 spiro atoms. The van der Waals surface area contributed by atoms with Crippen LogP contribution in [0.5, 0.6) is 0 Å². The lowest BCUT2D eigenvalue weighted by atomic mass is 9.89. The van der Waals surface area contributed by atoms with Crippen molar-refractivity contribution in [3.05, 3.63) is 0 Å². The van der Waals surface area contributed by atoms with E-state index in [2.05, 4.69) is 0 Å². The van der Waals surface area contributed by atoms with Crippen LogP contribution >= 0.6 is 0 Å². The third kappa shape index (κ3) is 4.22. The second-order valence-electron chi connectivity index (χ2n) is 5.16. The number of aliphatic hydroxyl groups is 9. The summed E-state index contributed by atoms with van der Waals surface area (Å²) in [4.78, 5) is 12.0. The third-order valence-corrected chi connectivity index (χ3v) is 3.55. The number of ketones is 1. The van der Waals surface area contributed by atoms with E-state index in [0.717, 1.165) is 0 Å². The molecule has 136 valence electrons. The lowest BCUT2D eigenvalue weighted by Gasteiger charge is -2.41. The molecule has 1 aliphatic heterocycles. The summed E-state index contributed by atoms with van der Waals surface area (Å²) in [7, 11) is 0. The van der Waals surface area contributed by atoms with Crippen LogP contribution in [0.15, 0.2) is 0 Å². The number of hydrogen-bond acceptors (Lipinski definition) is 11. The van der Waals surface area contributed by atoms with Gasteiger partial charge in [-0.15, -0.1) is 0 Å². The van der Waals surface area contributed by atoms with Crippen LogP contribution in [0.25, 0.3) is 0 Å². The average molecular weight is 343 g/mol. The molecule has 1 fully saturated rings. The molecular weight excluding hydrogens is 320 g/mol. The molecule has 1 rings (SSSR count). The number of Topliss-reactive ketones (excluding diaryl/α,β-unsaturated/α-hetero) is 1. The van der Waals surface area contributed by atoms with Crippen molar-refractivity contribution in [3.63, 3.8) is 0 Å². The van der Waals surface area contributed by atoms with E-state index in [4.69, 9.17) is 16.3 Å². The fraction of sp³-hybridized carbons (Fsp3) is 0.917. The summed E-state index contributed by atoms with van der Waals surface area (Å²) >= 11 is 0. The maximum Gasteiger partial charge on any atom is 0.195 e. The molecule has 11 heteroatoms. The second-order valence-corrected chi connectivity index (χ2v) is 5.16. The van der Waals surface area contributed by atoms with E-state index in [0.29, 0.717) is 0 Å². The zero-order chi connectivity index (χ0) is 18.8. The first-order valence-corrected chi connectivity index (χ1v) is 6.72. The molecule has 0 bridgehead atoms. The molecule has 11 nitrogen and oxygen atoms in total. The Morgan fingerprint density at radius 3 is 2.09 bits per heavy atom. The van der Waals surface area contributed by atoms with Crippen molar-refractivity contribution in [2.45, 2.75) is 54.9 Å². The fourth-order valence-electron chi connectivity index (χ4n) is 2.05. The first kappa shape index (κ1) is 18.6. The van der Waals surface area contributed by atoms with E-state index < -0.39 is 73.9 Å². The molecule has 1 heterocycles. The van der Waals surface area contributed by atoms with E-state index in [9.17, 15) is 40.5 Å². The molecule has 0 saturated carbocycles. The van der Waals surface area contributed by atoms with Crippen LogP contribution < -0.4 is 0 Å². The van der Waals surface area contributed by atoms with Gasteiger partial charge in [0.05, 0.1) is 14.6 Å². The van der Waals surface area contributed by atoms with Crippen molar-refractivity contribution >= 4 is 5.78 Å². The van der Waals surface area contributed by atoms with Gasteiger partial charge < -0.3 is 50.7 Å². The Morgan fingerprint density at radius 2 is 1.61 bits per heavy atom. The zero-order valence-electron chi connectivity index (χ0n) is 12.9. The molecule has 9 N–H and O–H groups in total. The Balaban J connectivity index is 3.02. The van der Waals surface area contributed by atoms with Crippen LogP contribution in [0.3, 0.4) is 0 Å². The van der Waals surface area contributed by atoms with Gasteiger partial charge in [-0.1, -0.05) is 0 Å². The summed E-state index contributed by atoms with van der Waals surface area (Å²) in [5, 5.41) is 85.0. The Kier molecular flexibility index (Phi) is 6.79. The van der Waals surface area contributed by atoms with Crippen LogP contribution in [-0.2, 0) is 9.53 Å². The molecule has 0 amide bonds. The fourth-order valence-corrected chi connectivity index (χ4v) is 2.05. The first-order chi connectivity index (χ1) is 11.0. The minimum absolute atomic E-state index is 0.916. The highest BCUT2D eigenvalue weighted by Crippen LogP contribution is 2.24. The van der Waals surface area contributed by atoms with Gasteiger partial charge in [0, 0.05) is 0 Å². The van der Waals surface area contributed by atoms with Gasteiger partial charge >= 0.3 is 0 Å². The van der Waals surface area contributed by atoms with Gasteiger partial charge in [0.25, 0.3) is 0 Å². The lowest BCUT2D eigenvalue weighted by Crippen LogP contribution is -2.63. The molecular formula is C12H22O11. The minimum atomic E-state index is -2.98. The maximum atomic E-state index is 12.0. The third-order valence-electron chi connectivity index (χ3n) is 3.55. The molecule has 0 aromatic carbocycles. The number of ether oxygens (including phenoxy) is 1. The normalized spacial score (nSPS) is 40.8. The molecule has 0 aromatic heterocycles. The topological polar surface area (TPSA) is 208 Å². The van der Waals surface area contributed by atoms with Crippen molar-refractivity contribution in [1.82, 2.24) is 0 Å². The second kappa shape index (κ2) is 8.39. The molecule has 0 radical (unpaired) electrons. The van der Waals surface area contributed by atoms with Crippen molar-refractivity contribution in [3.8, 4) is 0 Å². The quantitative estimate of drug-likeness (QED) is 0.212. The van der Waals surface area contributed by atoms with Crippen LogP contribution in [0, 0.1) is 0 Å². The summed E-state index contributed by atoms with van der Waals surface area (Å²) in [5.74, 6) is -1.65. The molecule has 9 atom stereocenters. The number of hydrogen-bond donors (Lipinski definition) is 9. The monoisotopic (exact) mass is 343 g/mol. The number of aliphatic hydroxyl groups excluding tert-OH is 9. The Hall–Kier alpha value is -0.730. The molecule has 1 saturated heterocycles. The molecule has 1 unspecified atom stereocenters. The summed E-state index contributed by atoms with van der Waals surface area (Å²) in [6, 6.07) is 0. The van der Waals surface area contributed by atoms with E-state index in [1.807, 2.05) is 0 Å². The van der Waals surface area contributed by atoms with E-state index >= 15 is 0 Å². The van der Waals surface area contributed by atoms with Crippen molar-refractivity contribution < 1.29 is 56.9 Å². The van der Waals surface area contributed by atoms with Crippen LogP contribution in [0.1, 0.15) is 1.37 Å².